The van der Waals surface area contributed by atoms with Gasteiger partial charge in [0, 0.05) is 81.8 Å². The monoisotopic (exact) mass is 783 g/mol. The molecule has 3 aromatic carbocycles. The molecular formula is C44H58FN7O5. The molecule has 1 fully saturated rings. The first-order valence-corrected chi connectivity index (χ1v) is 19.9. The Kier molecular flexibility index (Phi) is 14.8. The number of anilines is 4. The summed E-state index contributed by atoms with van der Waals surface area (Å²) in [5.74, 6) is 0.590. The Morgan fingerprint density at radius 2 is 1.61 bits per heavy atom. The number of carbonyl (C=O) groups excluding carboxylic acids is 2. The molecular weight excluding hydrogens is 726 g/mol. The average Bonchev–Trinajstić information content (AvgIpc) is 3.18. The van der Waals surface area contributed by atoms with Crippen LogP contribution in [-0.2, 0) is 11.2 Å². The largest absolute Gasteiger partial charge is 0.495 e. The second kappa shape index (κ2) is 19.7. The quantitative estimate of drug-likeness (QED) is 0.120. The first-order chi connectivity index (χ1) is 27.3. The molecule has 1 saturated heterocycles. The summed E-state index contributed by atoms with van der Waals surface area (Å²) in [6.45, 7) is 22.4. The minimum absolute atomic E-state index is 0.0754. The van der Waals surface area contributed by atoms with E-state index in [1.807, 2.05) is 70.7 Å². The number of methoxy groups -OCH3 is 1. The van der Waals surface area contributed by atoms with Crippen molar-refractivity contribution in [2.24, 2.45) is 5.92 Å². The number of rotatable bonds is 16. The molecule has 0 radical (unpaired) electrons. The van der Waals surface area contributed by atoms with Crippen LogP contribution in [0.25, 0.3) is 0 Å². The van der Waals surface area contributed by atoms with Gasteiger partial charge in [0.05, 0.1) is 12.8 Å². The van der Waals surface area contributed by atoms with Gasteiger partial charge in [0.25, 0.3) is 0 Å². The molecule has 1 aliphatic rings. The van der Waals surface area contributed by atoms with Crippen molar-refractivity contribution in [3.8, 4) is 17.2 Å². The van der Waals surface area contributed by atoms with Crippen LogP contribution in [-0.4, -0.2) is 102 Å². The van der Waals surface area contributed by atoms with E-state index in [-0.39, 0.29) is 29.3 Å². The number of ether oxygens (including phenoxy) is 3. The lowest BCUT2D eigenvalue weighted by Gasteiger charge is -2.36. The molecule has 5 rings (SSSR count). The second-order valence-electron chi connectivity index (χ2n) is 14.9. The van der Waals surface area contributed by atoms with Crippen LogP contribution in [0.3, 0.4) is 0 Å². The van der Waals surface area contributed by atoms with E-state index in [0.29, 0.717) is 55.0 Å². The Balaban J connectivity index is 1.37. The number of benzene rings is 3. The van der Waals surface area contributed by atoms with Crippen molar-refractivity contribution < 1.29 is 28.2 Å². The Labute approximate surface area is 336 Å². The van der Waals surface area contributed by atoms with E-state index < -0.39 is 11.9 Å². The summed E-state index contributed by atoms with van der Waals surface area (Å²) in [4.78, 5) is 44.3. The van der Waals surface area contributed by atoms with Crippen molar-refractivity contribution in [3.63, 3.8) is 0 Å². The molecule has 1 unspecified atom stereocenters. The molecule has 2 heterocycles. The summed E-state index contributed by atoms with van der Waals surface area (Å²) in [5, 5.41) is 3.06. The van der Waals surface area contributed by atoms with Crippen LogP contribution in [0.2, 0.25) is 0 Å². The van der Waals surface area contributed by atoms with E-state index in [2.05, 4.69) is 38.9 Å². The predicted molar refractivity (Wildman–Crippen MR) is 223 cm³/mol. The fraction of sp³-hybridized carbons (Fsp3) is 0.455. The van der Waals surface area contributed by atoms with Gasteiger partial charge in [-0.25, -0.2) is 19.1 Å². The highest BCUT2D eigenvalue weighted by atomic mass is 19.1. The summed E-state index contributed by atoms with van der Waals surface area (Å²) in [6, 6.07) is 16.1. The standard InChI is InChI=1S/C44H58FN7O5/c1-10-50(11-2)42(53)33(8)26-34-12-14-37(39(27-34)55-9)52(44(54)57-41-31(6)24-30(5)25-32(41)7)40-16-17-46-43(48-40)47-35-13-15-38(36(45)28-35)56-23-22-49-18-20-51(21-19-49)29(3)4/h12-17,24-25,27-29,33H,10-11,18-23,26H2,1-9H3,(H,46,47,48). The predicted octanol–water partition coefficient (Wildman–Crippen LogP) is 8.08. The van der Waals surface area contributed by atoms with Crippen LogP contribution in [0.5, 0.6) is 17.2 Å². The number of nitrogens with one attached hydrogen (secondary N) is 1. The third-order valence-corrected chi connectivity index (χ3v) is 10.4. The van der Waals surface area contributed by atoms with Gasteiger partial charge < -0.3 is 24.4 Å². The van der Waals surface area contributed by atoms with Crippen LogP contribution in [0.15, 0.2) is 60.8 Å². The fourth-order valence-corrected chi connectivity index (χ4v) is 7.24. The normalized spacial score (nSPS) is 13.9. The van der Waals surface area contributed by atoms with Crippen LogP contribution in [0, 0.1) is 32.5 Å². The molecule has 2 amide bonds. The molecule has 1 atom stereocenters. The zero-order chi connectivity index (χ0) is 41.2. The summed E-state index contributed by atoms with van der Waals surface area (Å²) < 4.78 is 33.0. The van der Waals surface area contributed by atoms with Gasteiger partial charge in [0.2, 0.25) is 11.9 Å². The van der Waals surface area contributed by atoms with E-state index in [1.165, 1.54) is 24.3 Å². The van der Waals surface area contributed by atoms with Gasteiger partial charge in [-0.05, 0) is 95.8 Å². The zero-order valence-corrected chi connectivity index (χ0v) is 34.9. The Hall–Kier alpha value is -5.27. The average molecular weight is 784 g/mol. The van der Waals surface area contributed by atoms with Crippen LogP contribution in [0.4, 0.5) is 32.3 Å². The van der Waals surface area contributed by atoms with Crippen LogP contribution in [0.1, 0.15) is 56.9 Å². The highest BCUT2D eigenvalue weighted by Gasteiger charge is 2.28. The summed E-state index contributed by atoms with van der Waals surface area (Å²) in [7, 11) is 1.52. The van der Waals surface area contributed by atoms with Crippen molar-refractivity contribution in [2.45, 2.75) is 67.9 Å². The molecule has 0 saturated carbocycles. The first-order valence-electron chi connectivity index (χ1n) is 19.9. The maximum atomic E-state index is 15.3. The Bertz CT molecular complexity index is 1970. The van der Waals surface area contributed by atoms with E-state index in [1.54, 1.807) is 24.3 Å². The van der Waals surface area contributed by atoms with Gasteiger partial charge in [-0.3, -0.25) is 14.6 Å². The first kappa shape index (κ1) is 42.9. The van der Waals surface area contributed by atoms with Gasteiger partial charge in [-0.1, -0.05) is 30.7 Å². The molecule has 0 bridgehead atoms. The van der Waals surface area contributed by atoms with Crippen molar-refractivity contribution in [3.05, 3.63) is 88.9 Å². The molecule has 13 heteroatoms. The highest BCUT2D eigenvalue weighted by Crippen LogP contribution is 2.37. The SMILES string of the molecule is CCN(CC)C(=O)C(C)Cc1ccc(N(C(=O)Oc2c(C)cc(C)cc2C)c2ccnc(Nc3ccc(OCCN4CCN(C(C)C)CC4)c(F)c3)n2)c(OC)c1. The van der Waals surface area contributed by atoms with Gasteiger partial charge in [0.1, 0.15) is 23.9 Å². The second-order valence-corrected chi connectivity index (χ2v) is 14.9. The zero-order valence-electron chi connectivity index (χ0n) is 34.9. The van der Waals surface area contributed by atoms with E-state index in [0.717, 1.165) is 55.0 Å². The lowest BCUT2D eigenvalue weighted by Crippen LogP contribution is -2.49. The fourth-order valence-electron chi connectivity index (χ4n) is 7.24. The third-order valence-electron chi connectivity index (χ3n) is 10.4. The van der Waals surface area contributed by atoms with Gasteiger partial charge in [-0.15, -0.1) is 0 Å². The molecule has 1 aliphatic heterocycles. The van der Waals surface area contributed by atoms with Crippen molar-refractivity contribution in [1.29, 1.82) is 0 Å². The lowest BCUT2D eigenvalue weighted by atomic mass is 9.99. The van der Waals surface area contributed by atoms with E-state index in [9.17, 15) is 9.59 Å². The molecule has 306 valence electrons. The molecule has 4 aromatic rings. The number of carbonyl (C=O) groups is 2. The minimum Gasteiger partial charge on any atom is -0.495 e. The number of nitrogens with zero attached hydrogens (tertiary/aromatic N) is 6. The number of halogens is 1. The van der Waals surface area contributed by atoms with Gasteiger partial charge >= 0.3 is 6.09 Å². The smallest absolute Gasteiger partial charge is 0.425 e. The van der Waals surface area contributed by atoms with Crippen molar-refractivity contribution in [2.75, 3.05) is 69.7 Å². The maximum absolute atomic E-state index is 15.3. The topological polar surface area (TPSA) is 113 Å². The van der Waals surface area contributed by atoms with Gasteiger partial charge in [0.15, 0.2) is 11.6 Å². The van der Waals surface area contributed by atoms with E-state index >= 15 is 4.39 Å². The third kappa shape index (κ3) is 11.0. The number of hydrogen-bond acceptors (Lipinski definition) is 10. The number of aromatic nitrogens is 2. The van der Waals surface area contributed by atoms with Crippen molar-refractivity contribution in [1.82, 2.24) is 24.7 Å². The number of hydrogen-bond donors (Lipinski definition) is 1. The summed E-state index contributed by atoms with van der Waals surface area (Å²) in [6.07, 6.45) is 1.26. The summed E-state index contributed by atoms with van der Waals surface area (Å²) >= 11 is 0. The van der Waals surface area contributed by atoms with Gasteiger partial charge in [-0.2, -0.15) is 4.98 Å². The molecule has 0 aliphatic carbocycles. The number of amides is 2. The Morgan fingerprint density at radius 3 is 2.25 bits per heavy atom. The Morgan fingerprint density at radius 1 is 0.912 bits per heavy atom. The number of piperazine rings is 1. The number of aryl methyl sites for hydroxylation is 3. The van der Waals surface area contributed by atoms with Crippen LogP contribution < -0.4 is 24.4 Å². The molecule has 1 aromatic heterocycles. The lowest BCUT2D eigenvalue weighted by molar-refractivity contribution is -0.134. The van der Waals surface area contributed by atoms with Crippen LogP contribution >= 0.6 is 0 Å². The minimum atomic E-state index is -0.722. The summed E-state index contributed by atoms with van der Waals surface area (Å²) in [5.41, 5.74) is 4.29. The maximum Gasteiger partial charge on any atom is 0.425 e. The molecule has 12 nitrogen and oxygen atoms in total. The van der Waals surface area contributed by atoms with E-state index in [4.69, 9.17) is 14.2 Å². The highest BCUT2D eigenvalue weighted by molar-refractivity contribution is 5.98. The molecule has 0 spiro atoms. The molecule has 57 heavy (non-hydrogen) atoms. The van der Waals surface area contributed by atoms with Crippen molar-refractivity contribution >= 4 is 35.1 Å². The molecule has 1 N–H and O–H groups in total.